The van der Waals surface area contributed by atoms with Crippen LogP contribution in [0.1, 0.15) is 13.3 Å². The lowest BCUT2D eigenvalue weighted by molar-refractivity contribution is -0.143. The first-order valence-electron chi connectivity index (χ1n) is 6.90. The molecule has 1 aromatic heterocycles. The van der Waals surface area contributed by atoms with Gasteiger partial charge < -0.3 is 15.7 Å². The molecule has 6 heteroatoms. The number of carboxylic acids is 1. The van der Waals surface area contributed by atoms with Crippen molar-refractivity contribution in [1.29, 1.82) is 0 Å². The van der Waals surface area contributed by atoms with Crippen LogP contribution in [0.4, 0.5) is 5.82 Å². The number of carboxylic acid groups (broad SMARTS) is 1. The minimum Gasteiger partial charge on any atom is -0.480 e. The van der Waals surface area contributed by atoms with Crippen LogP contribution in [-0.4, -0.2) is 59.2 Å². The zero-order valence-electron chi connectivity index (χ0n) is 11.8. The number of carbonyl (C=O) groups is 1. The molecule has 1 aromatic rings. The van der Waals surface area contributed by atoms with E-state index in [2.05, 4.69) is 14.8 Å². The molecule has 0 aliphatic carbocycles. The van der Waals surface area contributed by atoms with E-state index in [9.17, 15) is 4.79 Å². The lowest BCUT2D eigenvalue weighted by atomic mass is 9.99. The van der Waals surface area contributed by atoms with E-state index in [-0.39, 0.29) is 0 Å². The van der Waals surface area contributed by atoms with E-state index in [4.69, 9.17) is 10.8 Å². The van der Waals surface area contributed by atoms with E-state index in [0.29, 0.717) is 6.42 Å². The molecule has 1 unspecified atom stereocenters. The van der Waals surface area contributed by atoms with Gasteiger partial charge in [-0.2, -0.15) is 0 Å². The fourth-order valence-corrected chi connectivity index (χ4v) is 2.24. The summed E-state index contributed by atoms with van der Waals surface area (Å²) in [6, 6.07) is 5.91. The van der Waals surface area contributed by atoms with Crippen LogP contribution in [0.15, 0.2) is 24.4 Å². The van der Waals surface area contributed by atoms with Gasteiger partial charge in [-0.15, -0.1) is 0 Å². The van der Waals surface area contributed by atoms with Crippen LogP contribution < -0.4 is 10.6 Å². The summed E-state index contributed by atoms with van der Waals surface area (Å²) in [7, 11) is 0. The molecule has 1 aliphatic rings. The number of nitrogens with zero attached hydrogens (tertiary/aromatic N) is 3. The van der Waals surface area contributed by atoms with Crippen molar-refractivity contribution in [3.63, 3.8) is 0 Å². The molecule has 0 radical (unpaired) electrons. The van der Waals surface area contributed by atoms with Crippen LogP contribution in [0.2, 0.25) is 0 Å². The van der Waals surface area contributed by atoms with Gasteiger partial charge in [-0.1, -0.05) is 6.07 Å². The summed E-state index contributed by atoms with van der Waals surface area (Å²) in [6.45, 7) is 5.92. The molecule has 2 rings (SSSR count). The molecule has 0 aromatic carbocycles. The zero-order valence-corrected chi connectivity index (χ0v) is 11.8. The van der Waals surface area contributed by atoms with Gasteiger partial charge in [0.25, 0.3) is 0 Å². The minimum absolute atomic E-state index is 0.464. The molecule has 1 saturated heterocycles. The van der Waals surface area contributed by atoms with E-state index >= 15 is 0 Å². The number of hydrogen-bond acceptors (Lipinski definition) is 5. The number of piperazine rings is 1. The number of aromatic nitrogens is 1. The van der Waals surface area contributed by atoms with Crippen molar-refractivity contribution in [2.75, 3.05) is 37.6 Å². The highest BCUT2D eigenvalue weighted by Crippen LogP contribution is 2.14. The third-order valence-electron chi connectivity index (χ3n) is 3.78. The van der Waals surface area contributed by atoms with Gasteiger partial charge in [-0.3, -0.25) is 9.69 Å². The fourth-order valence-electron chi connectivity index (χ4n) is 2.24. The molecule has 0 spiro atoms. The molecular weight excluding hydrogens is 256 g/mol. The van der Waals surface area contributed by atoms with Crippen molar-refractivity contribution >= 4 is 11.8 Å². The second-order valence-corrected chi connectivity index (χ2v) is 5.49. The zero-order chi connectivity index (χ0) is 14.6. The minimum atomic E-state index is -1.14. The Hall–Kier alpha value is -1.66. The normalized spacial score (nSPS) is 19.6. The molecule has 0 bridgehead atoms. The van der Waals surface area contributed by atoms with Crippen LogP contribution in [0.25, 0.3) is 0 Å². The lowest BCUT2D eigenvalue weighted by Gasteiger charge is -2.36. The molecule has 3 N–H and O–H groups in total. The Kier molecular flexibility index (Phi) is 4.57. The Balaban J connectivity index is 1.79. The number of aliphatic carboxylic acids is 1. The summed E-state index contributed by atoms with van der Waals surface area (Å²) >= 11 is 0. The maximum absolute atomic E-state index is 11.0. The number of nitrogens with two attached hydrogens (primary N) is 1. The van der Waals surface area contributed by atoms with Crippen LogP contribution >= 0.6 is 0 Å². The Bertz CT molecular complexity index is 442. The van der Waals surface area contributed by atoms with Gasteiger partial charge in [-0.05, 0) is 25.5 Å². The summed E-state index contributed by atoms with van der Waals surface area (Å²) in [5, 5.41) is 9.00. The van der Waals surface area contributed by atoms with Gasteiger partial charge in [0, 0.05) is 38.9 Å². The standard InChI is InChI=1S/C14H22N4O2/c1-14(15,13(19)20)5-7-17-8-10-18(11-9-17)12-4-2-3-6-16-12/h2-4,6H,5,7-11,15H2,1H3,(H,19,20). The first kappa shape index (κ1) is 14.7. The number of anilines is 1. The average molecular weight is 278 g/mol. The lowest BCUT2D eigenvalue weighted by Crippen LogP contribution is -2.51. The SMILES string of the molecule is CC(N)(CCN1CCN(c2ccccn2)CC1)C(=O)O. The number of pyridine rings is 1. The first-order chi connectivity index (χ1) is 9.49. The van der Waals surface area contributed by atoms with E-state index in [1.165, 1.54) is 0 Å². The van der Waals surface area contributed by atoms with Gasteiger partial charge >= 0.3 is 5.97 Å². The van der Waals surface area contributed by atoms with Crippen LogP contribution in [0, 0.1) is 0 Å². The maximum Gasteiger partial charge on any atom is 0.323 e. The maximum atomic E-state index is 11.0. The van der Waals surface area contributed by atoms with Crippen molar-refractivity contribution < 1.29 is 9.90 Å². The largest absolute Gasteiger partial charge is 0.480 e. The molecule has 110 valence electrons. The van der Waals surface area contributed by atoms with Gasteiger partial charge in [0.1, 0.15) is 11.4 Å². The topological polar surface area (TPSA) is 82.7 Å². The third-order valence-corrected chi connectivity index (χ3v) is 3.78. The molecule has 1 fully saturated rings. The third kappa shape index (κ3) is 3.68. The Labute approximate surface area is 119 Å². The molecule has 20 heavy (non-hydrogen) atoms. The molecular formula is C14H22N4O2. The van der Waals surface area contributed by atoms with Crippen molar-refractivity contribution in [3.05, 3.63) is 24.4 Å². The van der Waals surface area contributed by atoms with Gasteiger partial charge in [0.15, 0.2) is 0 Å². The summed E-state index contributed by atoms with van der Waals surface area (Å²) in [4.78, 5) is 19.8. The van der Waals surface area contributed by atoms with Crippen LogP contribution in [0.5, 0.6) is 0 Å². The predicted octanol–water partition coefficient (Wildman–Crippen LogP) is 0.396. The van der Waals surface area contributed by atoms with E-state index in [1.807, 2.05) is 18.2 Å². The van der Waals surface area contributed by atoms with E-state index < -0.39 is 11.5 Å². The summed E-state index contributed by atoms with van der Waals surface area (Å²) in [6.07, 6.45) is 2.26. The number of rotatable bonds is 5. The monoisotopic (exact) mass is 278 g/mol. The second-order valence-electron chi connectivity index (χ2n) is 5.49. The van der Waals surface area contributed by atoms with Crippen LogP contribution in [-0.2, 0) is 4.79 Å². The quantitative estimate of drug-likeness (QED) is 0.811. The highest BCUT2D eigenvalue weighted by molar-refractivity contribution is 5.77. The van der Waals surface area contributed by atoms with Gasteiger partial charge in [0.05, 0.1) is 0 Å². The summed E-state index contributed by atoms with van der Waals surface area (Å²) < 4.78 is 0. The highest BCUT2D eigenvalue weighted by Gasteiger charge is 2.29. The number of hydrogen-bond donors (Lipinski definition) is 2. The molecule has 1 atom stereocenters. The van der Waals surface area contributed by atoms with Gasteiger partial charge in [0.2, 0.25) is 0 Å². The van der Waals surface area contributed by atoms with Crippen molar-refractivity contribution in [1.82, 2.24) is 9.88 Å². The highest BCUT2D eigenvalue weighted by atomic mass is 16.4. The second kappa shape index (κ2) is 6.19. The van der Waals surface area contributed by atoms with Crippen molar-refractivity contribution in [3.8, 4) is 0 Å². The molecule has 6 nitrogen and oxygen atoms in total. The van der Waals surface area contributed by atoms with Gasteiger partial charge in [-0.25, -0.2) is 4.98 Å². The Morgan fingerprint density at radius 3 is 2.65 bits per heavy atom. The van der Waals surface area contributed by atoms with Crippen LogP contribution in [0.3, 0.4) is 0 Å². The Morgan fingerprint density at radius 1 is 1.40 bits per heavy atom. The van der Waals surface area contributed by atoms with Crippen molar-refractivity contribution in [2.24, 2.45) is 5.73 Å². The summed E-state index contributed by atoms with van der Waals surface area (Å²) in [5.41, 5.74) is 4.61. The molecule has 1 aliphatic heterocycles. The summed E-state index contributed by atoms with van der Waals surface area (Å²) in [5.74, 6) is 0.0611. The van der Waals surface area contributed by atoms with E-state index in [0.717, 1.165) is 38.5 Å². The predicted molar refractivity (Wildman–Crippen MR) is 77.7 cm³/mol. The van der Waals surface area contributed by atoms with E-state index in [1.54, 1.807) is 13.1 Å². The van der Waals surface area contributed by atoms with Crippen molar-refractivity contribution in [2.45, 2.75) is 18.9 Å². The molecule has 0 saturated carbocycles. The first-order valence-corrected chi connectivity index (χ1v) is 6.90. The molecule has 0 amide bonds. The average Bonchev–Trinajstić information content (AvgIpc) is 2.46. The Morgan fingerprint density at radius 2 is 2.10 bits per heavy atom. The fraction of sp³-hybridized carbons (Fsp3) is 0.571. The smallest absolute Gasteiger partial charge is 0.323 e. The molecule has 2 heterocycles.